The molecule has 0 saturated heterocycles. The first-order chi connectivity index (χ1) is 12.3. The van der Waals surface area contributed by atoms with Crippen LogP contribution in [0.15, 0.2) is 53.3 Å². The molecule has 25 heavy (non-hydrogen) atoms. The van der Waals surface area contributed by atoms with Gasteiger partial charge < -0.3 is 5.32 Å². The molecular formula is C19H20N4OS. The molecule has 1 N–H and O–H groups in total. The molecule has 0 saturated carbocycles. The van der Waals surface area contributed by atoms with E-state index in [4.69, 9.17) is 0 Å². The summed E-state index contributed by atoms with van der Waals surface area (Å²) in [6, 6.07) is 9.98. The van der Waals surface area contributed by atoms with E-state index in [1.54, 1.807) is 11.8 Å². The molecule has 5 nitrogen and oxygen atoms in total. The Bertz CT molecular complexity index is 840. The minimum atomic E-state index is -0.206. The van der Waals surface area contributed by atoms with Gasteiger partial charge in [-0.05, 0) is 17.7 Å². The van der Waals surface area contributed by atoms with Gasteiger partial charge in [0.05, 0.1) is 12.0 Å². The molecule has 0 radical (unpaired) electrons. The van der Waals surface area contributed by atoms with Gasteiger partial charge in [0.25, 0.3) is 0 Å². The number of rotatable bonds is 4. The lowest BCUT2D eigenvalue weighted by molar-refractivity contribution is -0.123. The maximum atomic E-state index is 12.6. The van der Waals surface area contributed by atoms with Crippen LogP contribution in [0.1, 0.15) is 31.4 Å². The second-order valence-electron chi connectivity index (χ2n) is 6.12. The van der Waals surface area contributed by atoms with Gasteiger partial charge in [-0.2, -0.15) is 4.98 Å². The predicted octanol–water partition coefficient (Wildman–Crippen LogP) is 3.93. The van der Waals surface area contributed by atoms with Gasteiger partial charge in [-0.1, -0.05) is 67.2 Å². The van der Waals surface area contributed by atoms with Crippen LogP contribution in [0.5, 0.6) is 0 Å². The van der Waals surface area contributed by atoms with Crippen molar-refractivity contribution >= 4 is 29.6 Å². The number of aromatic nitrogens is 3. The minimum absolute atomic E-state index is 0.144. The summed E-state index contributed by atoms with van der Waals surface area (Å²) in [7, 11) is 0. The van der Waals surface area contributed by atoms with Crippen molar-refractivity contribution in [2.75, 3.05) is 11.1 Å². The van der Waals surface area contributed by atoms with Crippen LogP contribution in [0.25, 0.3) is 6.08 Å². The van der Waals surface area contributed by atoms with Crippen LogP contribution in [0.4, 0.5) is 5.95 Å². The van der Waals surface area contributed by atoms with E-state index in [2.05, 4.69) is 52.7 Å². The number of anilines is 1. The first-order valence-electron chi connectivity index (χ1n) is 8.58. The maximum absolute atomic E-state index is 12.6. The summed E-state index contributed by atoms with van der Waals surface area (Å²) in [4.78, 5) is 17.2. The minimum Gasteiger partial charge on any atom is -0.328 e. The molecule has 0 spiro atoms. The third-order valence-corrected chi connectivity index (χ3v) is 5.21. The van der Waals surface area contributed by atoms with Crippen molar-refractivity contribution in [1.29, 1.82) is 0 Å². The van der Waals surface area contributed by atoms with Crippen LogP contribution in [0.3, 0.4) is 0 Å². The van der Waals surface area contributed by atoms with Crippen molar-refractivity contribution in [3.05, 3.63) is 53.7 Å². The Kier molecular flexibility index (Phi) is 4.44. The van der Waals surface area contributed by atoms with Gasteiger partial charge in [0, 0.05) is 12.1 Å². The molecule has 0 amide bonds. The normalized spacial score (nSPS) is 22.3. The van der Waals surface area contributed by atoms with Crippen LogP contribution in [-0.4, -0.2) is 26.3 Å². The number of ketones is 1. The lowest BCUT2D eigenvalue weighted by atomic mass is 9.83. The summed E-state index contributed by atoms with van der Waals surface area (Å²) in [5.41, 5.74) is 2.08. The molecule has 1 aliphatic heterocycles. The van der Waals surface area contributed by atoms with Gasteiger partial charge in [-0.15, -0.1) is 5.10 Å². The van der Waals surface area contributed by atoms with E-state index in [1.807, 2.05) is 22.9 Å². The number of nitrogens with zero attached hydrogens (tertiary/aromatic N) is 3. The molecule has 0 bridgehead atoms. The highest BCUT2D eigenvalue weighted by molar-refractivity contribution is 7.99. The Morgan fingerprint density at radius 2 is 2.20 bits per heavy atom. The number of fused-ring (bicyclic) bond motifs is 2. The lowest BCUT2D eigenvalue weighted by Crippen LogP contribution is -2.37. The number of carbonyl (C=O) groups is 1. The standard InChI is InChI=1S/C19H20N4OS/c1-2-25-19-21-18-20-14-9-6-10-16(24)17(14)15(23(18)22-19)12-11-13-7-4-3-5-8-13/h3-5,7-9,11-12,15,17H,2,6,10H2,1H3,(H,20,21,22)/b12-11+/t15-,17+/m1/s1. The molecule has 2 aliphatic rings. The largest absolute Gasteiger partial charge is 0.328 e. The van der Waals surface area contributed by atoms with Crippen molar-refractivity contribution in [3.8, 4) is 0 Å². The van der Waals surface area contributed by atoms with E-state index in [-0.39, 0.29) is 17.7 Å². The highest BCUT2D eigenvalue weighted by Crippen LogP contribution is 2.39. The highest BCUT2D eigenvalue weighted by Gasteiger charge is 2.39. The molecule has 2 heterocycles. The van der Waals surface area contributed by atoms with E-state index < -0.39 is 0 Å². The van der Waals surface area contributed by atoms with Gasteiger partial charge >= 0.3 is 0 Å². The average Bonchev–Trinajstić information content (AvgIpc) is 3.02. The van der Waals surface area contributed by atoms with E-state index in [1.165, 1.54) is 0 Å². The molecular weight excluding hydrogens is 332 g/mol. The Hall–Kier alpha value is -2.34. The van der Waals surface area contributed by atoms with E-state index in [0.29, 0.717) is 6.42 Å². The Morgan fingerprint density at radius 3 is 3.00 bits per heavy atom. The lowest BCUT2D eigenvalue weighted by Gasteiger charge is -2.34. The maximum Gasteiger partial charge on any atom is 0.227 e. The molecule has 0 fully saturated rings. The molecule has 2 atom stereocenters. The number of hydrogen-bond donors (Lipinski definition) is 1. The monoisotopic (exact) mass is 352 g/mol. The summed E-state index contributed by atoms with van der Waals surface area (Å²) in [5.74, 6) is 1.69. The number of hydrogen-bond acceptors (Lipinski definition) is 5. The number of benzene rings is 1. The molecule has 1 aliphatic carbocycles. The topological polar surface area (TPSA) is 59.8 Å². The van der Waals surface area contributed by atoms with Crippen LogP contribution in [0, 0.1) is 5.92 Å². The van der Waals surface area contributed by atoms with E-state index in [0.717, 1.165) is 34.5 Å². The molecule has 1 aromatic carbocycles. The summed E-state index contributed by atoms with van der Waals surface area (Å²) in [5, 5.41) is 8.70. The summed E-state index contributed by atoms with van der Waals surface area (Å²) in [6.45, 7) is 2.08. The van der Waals surface area contributed by atoms with Crippen LogP contribution in [0.2, 0.25) is 0 Å². The predicted molar refractivity (Wildman–Crippen MR) is 100 cm³/mol. The van der Waals surface area contributed by atoms with Crippen LogP contribution < -0.4 is 5.32 Å². The molecule has 1 aromatic heterocycles. The zero-order valence-electron chi connectivity index (χ0n) is 14.1. The fourth-order valence-corrected chi connectivity index (χ4v) is 3.91. The second kappa shape index (κ2) is 6.88. The third kappa shape index (κ3) is 3.14. The Balaban J connectivity index is 1.75. The van der Waals surface area contributed by atoms with Crippen molar-refractivity contribution in [2.45, 2.75) is 31.0 Å². The second-order valence-corrected chi connectivity index (χ2v) is 7.35. The third-order valence-electron chi connectivity index (χ3n) is 4.49. The Morgan fingerprint density at radius 1 is 1.36 bits per heavy atom. The van der Waals surface area contributed by atoms with E-state index in [9.17, 15) is 4.79 Å². The summed E-state index contributed by atoms with van der Waals surface area (Å²) < 4.78 is 1.86. The average molecular weight is 352 g/mol. The van der Waals surface area contributed by atoms with Gasteiger partial charge in [-0.3, -0.25) is 4.79 Å². The van der Waals surface area contributed by atoms with Gasteiger partial charge in [-0.25, -0.2) is 4.68 Å². The summed E-state index contributed by atoms with van der Waals surface area (Å²) in [6.07, 6.45) is 7.65. The van der Waals surface area contributed by atoms with Crippen LogP contribution >= 0.6 is 11.8 Å². The number of carbonyl (C=O) groups excluding carboxylic acids is 1. The quantitative estimate of drug-likeness (QED) is 0.845. The zero-order valence-corrected chi connectivity index (χ0v) is 14.9. The molecule has 6 heteroatoms. The van der Waals surface area contributed by atoms with Crippen molar-refractivity contribution in [3.63, 3.8) is 0 Å². The number of Topliss-reactive ketones (excluding diaryl/α,β-unsaturated/α-hetero) is 1. The fourth-order valence-electron chi connectivity index (χ4n) is 3.35. The van der Waals surface area contributed by atoms with Gasteiger partial charge in [0.1, 0.15) is 5.78 Å². The van der Waals surface area contributed by atoms with Gasteiger partial charge in [0.2, 0.25) is 11.1 Å². The SMILES string of the molecule is CCSc1nc2n(n1)[C@H](/C=C/c1ccccc1)[C@H]1C(=O)CCC=C1N2. The fraction of sp³-hybridized carbons (Fsp3) is 0.316. The molecule has 0 unspecified atom stereocenters. The molecule has 4 rings (SSSR count). The highest BCUT2D eigenvalue weighted by atomic mass is 32.2. The molecule has 128 valence electrons. The number of allylic oxidation sites excluding steroid dienone is 3. The number of thioether (sulfide) groups is 1. The van der Waals surface area contributed by atoms with Crippen molar-refractivity contribution < 1.29 is 4.79 Å². The zero-order chi connectivity index (χ0) is 17.2. The van der Waals surface area contributed by atoms with E-state index >= 15 is 0 Å². The van der Waals surface area contributed by atoms with Crippen LogP contribution in [-0.2, 0) is 4.79 Å². The smallest absolute Gasteiger partial charge is 0.227 e. The first kappa shape index (κ1) is 16.1. The summed E-state index contributed by atoms with van der Waals surface area (Å²) >= 11 is 1.61. The Labute approximate surface area is 151 Å². The number of nitrogens with one attached hydrogen (secondary N) is 1. The first-order valence-corrected chi connectivity index (χ1v) is 9.57. The van der Waals surface area contributed by atoms with Crippen molar-refractivity contribution in [2.24, 2.45) is 5.92 Å². The van der Waals surface area contributed by atoms with Crippen molar-refractivity contribution in [1.82, 2.24) is 14.8 Å². The molecule has 2 aromatic rings. The van der Waals surface area contributed by atoms with Gasteiger partial charge in [0.15, 0.2) is 0 Å².